The number of rotatable bonds is 2. The van der Waals surface area contributed by atoms with Gasteiger partial charge in [0.15, 0.2) is 5.78 Å². The smallest absolute Gasteiger partial charge is 0.155 e. The van der Waals surface area contributed by atoms with Crippen molar-refractivity contribution in [3.63, 3.8) is 0 Å². The third-order valence-electron chi connectivity index (χ3n) is 8.70. The fourth-order valence-corrected chi connectivity index (χ4v) is 7.33. The predicted molar refractivity (Wildman–Crippen MR) is 95.5 cm³/mol. The van der Waals surface area contributed by atoms with Gasteiger partial charge in [0, 0.05) is 18.8 Å². The van der Waals surface area contributed by atoms with Crippen molar-refractivity contribution in [2.24, 2.45) is 34.5 Å². The van der Waals surface area contributed by atoms with Crippen molar-refractivity contribution in [3.05, 3.63) is 11.6 Å². The Kier molecular flexibility index (Phi) is 3.82. The second kappa shape index (κ2) is 5.54. The first kappa shape index (κ1) is 16.5. The minimum atomic E-state index is 0.246. The van der Waals surface area contributed by atoms with Gasteiger partial charge in [-0.05, 0) is 79.6 Å². The number of ketones is 2. The molecular weight excluding hydrogens is 296 g/mol. The van der Waals surface area contributed by atoms with Gasteiger partial charge >= 0.3 is 0 Å². The first-order valence-electron chi connectivity index (χ1n) is 10.2. The van der Waals surface area contributed by atoms with Crippen LogP contribution >= 0.6 is 0 Å². The van der Waals surface area contributed by atoms with Gasteiger partial charge in [-0.2, -0.15) is 0 Å². The summed E-state index contributed by atoms with van der Waals surface area (Å²) >= 11 is 0. The molecule has 132 valence electrons. The SMILES string of the molecule is CCC(=O)C1CCC2C3CCC4=CC(=O)CCC4(C)C3CCC12C. The summed E-state index contributed by atoms with van der Waals surface area (Å²) in [5.74, 6) is 3.40. The summed E-state index contributed by atoms with van der Waals surface area (Å²) in [6.07, 6.45) is 11.7. The molecule has 0 bridgehead atoms. The van der Waals surface area contributed by atoms with E-state index in [0.717, 1.165) is 43.4 Å². The maximum atomic E-state index is 12.5. The van der Waals surface area contributed by atoms with E-state index in [1.807, 2.05) is 13.0 Å². The lowest BCUT2D eigenvalue weighted by molar-refractivity contribution is -0.130. The lowest BCUT2D eigenvalue weighted by Crippen LogP contribution is -2.51. The Morgan fingerprint density at radius 1 is 1.08 bits per heavy atom. The van der Waals surface area contributed by atoms with Crippen LogP contribution in [-0.4, -0.2) is 11.6 Å². The minimum absolute atomic E-state index is 0.246. The molecule has 24 heavy (non-hydrogen) atoms. The zero-order chi connectivity index (χ0) is 17.1. The molecule has 3 saturated carbocycles. The van der Waals surface area contributed by atoms with Gasteiger partial charge in [-0.25, -0.2) is 0 Å². The van der Waals surface area contributed by atoms with E-state index < -0.39 is 0 Å². The van der Waals surface area contributed by atoms with Gasteiger partial charge in [0.05, 0.1) is 0 Å². The Balaban J connectivity index is 1.65. The van der Waals surface area contributed by atoms with E-state index in [4.69, 9.17) is 0 Å². The predicted octanol–water partition coefficient (Wildman–Crippen LogP) is 5.11. The fourth-order valence-electron chi connectivity index (χ4n) is 7.33. The normalized spacial score (nSPS) is 47.5. The maximum absolute atomic E-state index is 12.5. The Hall–Kier alpha value is -0.920. The highest BCUT2D eigenvalue weighted by molar-refractivity contribution is 5.91. The van der Waals surface area contributed by atoms with Crippen LogP contribution in [0.4, 0.5) is 0 Å². The van der Waals surface area contributed by atoms with E-state index >= 15 is 0 Å². The van der Waals surface area contributed by atoms with Crippen molar-refractivity contribution >= 4 is 11.6 Å². The molecule has 3 fully saturated rings. The van der Waals surface area contributed by atoms with E-state index in [9.17, 15) is 9.59 Å². The third-order valence-corrected chi connectivity index (χ3v) is 8.70. The molecule has 0 radical (unpaired) electrons. The molecular formula is C22H32O2. The zero-order valence-electron chi connectivity index (χ0n) is 15.6. The topological polar surface area (TPSA) is 34.1 Å². The van der Waals surface area contributed by atoms with Crippen LogP contribution in [0.3, 0.4) is 0 Å². The second-order valence-corrected chi connectivity index (χ2v) is 9.46. The lowest BCUT2D eigenvalue weighted by atomic mass is 9.46. The molecule has 0 heterocycles. The van der Waals surface area contributed by atoms with E-state index in [2.05, 4.69) is 13.8 Å². The maximum Gasteiger partial charge on any atom is 0.155 e. The van der Waals surface area contributed by atoms with Gasteiger partial charge in [0.1, 0.15) is 5.78 Å². The zero-order valence-corrected chi connectivity index (χ0v) is 15.6. The van der Waals surface area contributed by atoms with Crippen LogP contribution in [0.25, 0.3) is 0 Å². The Labute approximate surface area is 146 Å². The van der Waals surface area contributed by atoms with Gasteiger partial charge in [0.2, 0.25) is 0 Å². The standard InChI is InChI=1S/C22H32O2/c1-4-20(24)19-8-7-17-16-6-5-14-13-15(23)9-11-21(14,2)18(16)10-12-22(17,19)3/h13,16-19H,4-12H2,1-3H3. The van der Waals surface area contributed by atoms with Crippen molar-refractivity contribution in [2.45, 2.75) is 78.6 Å². The van der Waals surface area contributed by atoms with Crippen LogP contribution in [0.2, 0.25) is 0 Å². The van der Waals surface area contributed by atoms with E-state index in [0.29, 0.717) is 23.9 Å². The van der Waals surface area contributed by atoms with Crippen LogP contribution in [0, 0.1) is 34.5 Å². The van der Waals surface area contributed by atoms with Crippen LogP contribution in [0.1, 0.15) is 78.6 Å². The molecule has 2 heteroatoms. The highest BCUT2D eigenvalue weighted by atomic mass is 16.1. The van der Waals surface area contributed by atoms with Gasteiger partial charge in [-0.15, -0.1) is 0 Å². The number of carbonyl (C=O) groups is 2. The van der Waals surface area contributed by atoms with E-state index in [1.165, 1.54) is 31.3 Å². The van der Waals surface area contributed by atoms with Crippen molar-refractivity contribution in [1.82, 2.24) is 0 Å². The summed E-state index contributed by atoms with van der Waals surface area (Å²) in [6.45, 7) is 6.90. The van der Waals surface area contributed by atoms with Crippen molar-refractivity contribution in [1.29, 1.82) is 0 Å². The van der Waals surface area contributed by atoms with Gasteiger partial charge < -0.3 is 0 Å². The first-order valence-corrected chi connectivity index (χ1v) is 10.2. The molecule has 4 aliphatic carbocycles. The quantitative estimate of drug-likeness (QED) is 0.705. The summed E-state index contributed by atoms with van der Waals surface area (Å²) in [4.78, 5) is 24.4. The Morgan fingerprint density at radius 3 is 2.62 bits per heavy atom. The van der Waals surface area contributed by atoms with Crippen LogP contribution in [0.15, 0.2) is 11.6 Å². The number of carbonyl (C=O) groups excluding carboxylic acids is 2. The summed E-state index contributed by atoms with van der Waals surface area (Å²) in [6, 6.07) is 0. The molecule has 0 aromatic heterocycles. The number of allylic oxidation sites excluding steroid dienone is 1. The van der Waals surface area contributed by atoms with Crippen LogP contribution in [-0.2, 0) is 9.59 Å². The Bertz CT molecular complexity index is 603. The highest BCUT2D eigenvalue weighted by Gasteiger charge is 2.59. The monoisotopic (exact) mass is 328 g/mol. The summed E-state index contributed by atoms with van der Waals surface area (Å²) in [7, 11) is 0. The number of hydrogen-bond donors (Lipinski definition) is 0. The van der Waals surface area contributed by atoms with Crippen LogP contribution < -0.4 is 0 Å². The second-order valence-electron chi connectivity index (χ2n) is 9.46. The average Bonchev–Trinajstić information content (AvgIpc) is 2.92. The highest BCUT2D eigenvalue weighted by Crippen LogP contribution is 2.66. The molecule has 0 aromatic rings. The van der Waals surface area contributed by atoms with E-state index in [-0.39, 0.29) is 10.8 Å². The number of fused-ring (bicyclic) bond motifs is 5. The average molecular weight is 328 g/mol. The number of hydrogen-bond acceptors (Lipinski definition) is 2. The van der Waals surface area contributed by atoms with Crippen molar-refractivity contribution in [3.8, 4) is 0 Å². The summed E-state index contributed by atoms with van der Waals surface area (Å²) in [5.41, 5.74) is 1.95. The minimum Gasteiger partial charge on any atom is -0.299 e. The van der Waals surface area contributed by atoms with Crippen molar-refractivity contribution < 1.29 is 9.59 Å². The molecule has 0 spiro atoms. The summed E-state index contributed by atoms with van der Waals surface area (Å²) < 4.78 is 0. The molecule has 0 saturated heterocycles. The summed E-state index contributed by atoms with van der Waals surface area (Å²) in [5, 5.41) is 0. The molecule has 6 unspecified atom stereocenters. The molecule has 0 N–H and O–H groups in total. The molecule has 0 amide bonds. The van der Waals surface area contributed by atoms with Gasteiger partial charge in [0.25, 0.3) is 0 Å². The molecule has 2 nitrogen and oxygen atoms in total. The largest absolute Gasteiger partial charge is 0.299 e. The lowest BCUT2D eigenvalue weighted by Gasteiger charge is -2.58. The molecule has 0 aromatic carbocycles. The fraction of sp³-hybridized carbons (Fsp3) is 0.818. The van der Waals surface area contributed by atoms with Gasteiger partial charge in [-0.3, -0.25) is 9.59 Å². The van der Waals surface area contributed by atoms with Crippen LogP contribution in [0.5, 0.6) is 0 Å². The Morgan fingerprint density at radius 2 is 1.88 bits per heavy atom. The number of Topliss-reactive ketones (excluding diaryl/α,β-unsaturated/α-hetero) is 1. The molecule has 0 aliphatic heterocycles. The molecule has 6 atom stereocenters. The van der Waals surface area contributed by atoms with Crippen molar-refractivity contribution in [2.75, 3.05) is 0 Å². The van der Waals surface area contributed by atoms with Gasteiger partial charge in [-0.1, -0.05) is 26.3 Å². The third kappa shape index (κ3) is 2.14. The van der Waals surface area contributed by atoms with E-state index in [1.54, 1.807) is 0 Å². The molecule has 4 aliphatic rings. The first-order chi connectivity index (χ1) is 11.4. The molecule has 4 rings (SSSR count).